The molecule has 1 amide bonds. The average Bonchev–Trinajstić information content (AvgIpc) is 3.23. The summed E-state index contributed by atoms with van der Waals surface area (Å²) in [6, 6.07) is 1.14. The predicted octanol–water partition coefficient (Wildman–Crippen LogP) is 1.93. The number of carbonyl (C=O) groups is 1. The van der Waals surface area contributed by atoms with Crippen LogP contribution in [0.4, 0.5) is 4.39 Å². The van der Waals surface area contributed by atoms with Crippen LogP contribution in [0.3, 0.4) is 0 Å². The van der Waals surface area contributed by atoms with Gasteiger partial charge in [0.05, 0.1) is 19.3 Å². The van der Waals surface area contributed by atoms with Crippen LogP contribution >= 0.6 is 0 Å². The van der Waals surface area contributed by atoms with Gasteiger partial charge in [0, 0.05) is 19.2 Å². The van der Waals surface area contributed by atoms with Gasteiger partial charge >= 0.3 is 0 Å². The lowest BCUT2D eigenvalue weighted by Crippen LogP contribution is -2.40. The van der Waals surface area contributed by atoms with Gasteiger partial charge in [0.15, 0.2) is 5.82 Å². The Labute approximate surface area is 159 Å². The van der Waals surface area contributed by atoms with E-state index in [4.69, 9.17) is 14.2 Å². The molecule has 1 atom stereocenters. The molecule has 1 aromatic rings. The monoisotopic (exact) mass is 381 g/mol. The minimum absolute atomic E-state index is 0.0553. The van der Waals surface area contributed by atoms with Gasteiger partial charge in [0.2, 0.25) is 11.8 Å². The van der Waals surface area contributed by atoms with E-state index in [1.807, 2.05) is 0 Å². The number of halogens is 1. The van der Waals surface area contributed by atoms with Gasteiger partial charge < -0.3 is 24.8 Å². The van der Waals surface area contributed by atoms with Crippen molar-refractivity contribution >= 4 is 5.91 Å². The number of aromatic nitrogens is 1. The molecule has 0 bridgehead atoms. The quantitative estimate of drug-likeness (QED) is 0.751. The zero-order valence-corrected chi connectivity index (χ0v) is 15.9. The van der Waals surface area contributed by atoms with E-state index in [1.165, 1.54) is 13.2 Å². The molecular formula is C19H28FN3O4. The fourth-order valence-corrected chi connectivity index (χ4v) is 3.64. The summed E-state index contributed by atoms with van der Waals surface area (Å²) in [4.78, 5) is 16.3. The van der Waals surface area contributed by atoms with Crippen molar-refractivity contribution in [1.82, 2.24) is 15.6 Å². The predicted molar refractivity (Wildman–Crippen MR) is 97.3 cm³/mol. The van der Waals surface area contributed by atoms with E-state index in [9.17, 15) is 9.18 Å². The standard InChI is InChI=1S/C19H28FN3O4/c1-25-13-5-7-14(8-6-13)27-19-15(20)10-12(18(23-19)26-2)11-22-17(24)16-4-3-9-21-16/h10,13-14,16,21H,3-9,11H2,1-2H3,(H,22,24)/t13?,14?,16-/m0/s1. The molecule has 1 saturated heterocycles. The minimum atomic E-state index is -0.548. The highest BCUT2D eigenvalue weighted by Crippen LogP contribution is 2.28. The van der Waals surface area contributed by atoms with Crippen LogP contribution in [0.25, 0.3) is 0 Å². The van der Waals surface area contributed by atoms with Gasteiger partial charge in [-0.15, -0.1) is 0 Å². The van der Waals surface area contributed by atoms with Crippen molar-refractivity contribution in [2.75, 3.05) is 20.8 Å². The van der Waals surface area contributed by atoms with Gasteiger partial charge in [0.25, 0.3) is 5.88 Å². The van der Waals surface area contributed by atoms with Crippen molar-refractivity contribution in [3.8, 4) is 11.8 Å². The van der Waals surface area contributed by atoms with Gasteiger partial charge in [0.1, 0.15) is 6.10 Å². The molecule has 3 rings (SSSR count). The van der Waals surface area contributed by atoms with Gasteiger partial charge in [-0.3, -0.25) is 4.79 Å². The fourth-order valence-electron chi connectivity index (χ4n) is 3.64. The van der Waals surface area contributed by atoms with Crippen LogP contribution in [-0.2, 0) is 16.1 Å². The molecule has 0 spiro atoms. The maximum atomic E-state index is 14.5. The smallest absolute Gasteiger partial charge is 0.254 e. The molecule has 0 radical (unpaired) electrons. The van der Waals surface area contributed by atoms with Crippen LogP contribution in [-0.4, -0.2) is 49.9 Å². The Morgan fingerprint density at radius 1 is 1.22 bits per heavy atom. The zero-order valence-electron chi connectivity index (χ0n) is 15.9. The summed E-state index contributed by atoms with van der Waals surface area (Å²) < 4.78 is 30.9. The molecule has 1 saturated carbocycles. The van der Waals surface area contributed by atoms with Gasteiger partial charge in [-0.05, 0) is 51.1 Å². The third kappa shape index (κ3) is 5.07. The molecule has 0 aromatic carbocycles. The van der Waals surface area contributed by atoms with E-state index in [0.717, 1.165) is 45.1 Å². The van der Waals surface area contributed by atoms with E-state index in [0.29, 0.717) is 5.56 Å². The Kier molecular flexibility index (Phi) is 6.84. The summed E-state index contributed by atoms with van der Waals surface area (Å²) in [6.45, 7) is 0.999. The van der Waals surface area contributed by atoms with E-state index in [-0.39, 0.29) is 42.5 Å². The number of ether oxygens (including phenoxy) is 3. The van der Waals surface area contributed by atoms with Crippen molar-refractivity contribution in [2.24, 2.45) is 0 Å². The summed E-state index contributed by atoms with van der Waals surface area (Å²) in [5.41, 5.74) is 0.483. The van der Waals surface area contributed by atoms with E-state index in [1.54, 1.807) is 7.11 Å². The number of rotatable bonds is 7. The number of amides is 1. The van der Waals surface area contributed by atoms with Crippen molar-refractivity contribution in [1.29, 1.82) is 0 Å². The minimum Gasteiger partial charge on any atom is -0.481 e. The fraction of sp³-hybridized carbons (Fsp3) is 0.684. The molecule has 2 heterocycles. The van der Waals surface area contributed by atoms with Crippen molar-refractivity contribution in [2.45, 2.75) is 63.3 Å². The van der Waals surface area contributed by atoms with Crippen LogP contribution < -0.4 is 20.1 Å². The normalized spacial score (nSPS) is 25.2. The Balaban J connectivity index is 1.61. The molecule has 1 aliphatic heterocycles. The molecule has 0 unspecified atom stereocenters. The second-order valence-corrected chi connectivity index (χ2v) is 7.06. The average molecular weight is 381 g/mol. The molecule has 1 aliphatic carbocycles. The summed E-state index contributed by atoms with van der Waals surface area (Å²) in [6.07, 6.45) is 5.34. The summed E-state index contributed by atoms with van der Waals surface area (Å²) in [5, 5.41) is 5.94. The Morgan fingerprint density at radius 2 is 1.96 bits per heavy atom. The number of carbonyl (C=O) groups excluding carboxylic acids is 1. The van der Waals surface area contributed by atoms with E-state index < -0.39 is 5.82 Å². The molecule has 150 valence electrons. The van der Waals surface area contributed by atoms with Crippen molar-refractivity contribution < 1.29 is 23.4 Å². The Hall–Kier alpha value is -1.93. The maximum absolute atomic E-state index is 14.5. The van der Waals surface area contributed by atoms with Crippen LogP contribution in [0.15, 0.2) is 6.07 Å². The summed E-state index contributed by atoms with van der Waals surface area (Å²) >= 11 is 0. The second kappa shape index (κ2) is 9.32. The molecule has 1 aromatic heterocycles. The first-order chi connectivity index (χ1) is 13.1. The first kappa shape index (κ1) is 19.8. The molecule has 2 N–H and O–H groups in total. The third-order valence-electron chi connectivity index (χ3n) is 5.24. The number of hydrogen-bond acceptors (Lipinski definition) is 6. The lowest BCUT2D eigenvalue weighted by molar-refractivity contribution is -0.122. The number of nitrogens with one attached hydrogen (secondary N) is 2. The highest BCUT2D eigenvalue weighted by atomic mass is 19.1. The van der Waals surface area contributed by atoms with E-state index >= 15 is 0 Å². The topological polar surface area (TPSA) is 81.7 Å². The van der Waals surface area contributed by atoms with Crippen LogP contribution in [0, 0.1) is 5.82 Å². The van der Waals surface area contributed by atoms with Crippen LogP contribution in [0.2, 0.25) is 0 Å². The third-order valence-corrected chi connectivity index (χ3v) is 5.24. The van der Waals surface area contributed by atoms with E-state index in [2.05, 4.69) is 15.6 Å². The SMILES string of the molecule is COc1nc(OC2CCC(OC)CC2)c(F)cc1CNC(=O)[C@@H]1CCCN1. The molecular weight excluding hydrogens is 353 g/mol. The van der Waals surface area contributed by atoms with Gasteiger partial charge in [-0.25, -0.2) is 4.39 Å². The number of pyridine rings is 1. The lowest BCUT2D eigenvalue weighted by Gasteiger charge is -2.27. The maximum Gasteiger partial charge on any atom is 0.254 e. The lowest BCUT2D eigenvalue weighted by atomic mass is 9.95. The number of methoxy groups -OCH3 is 2. The van der Waals surface area contributed by atoms with Crippen LogP contribution in [0.1, 0.15) is 44.1 Å². The first-order valence-corrected chi connectivity index (χ1v) is 9.54. The molecule has 7 nitrogen and oxygen atoms in total. The number of nitrogens with zero attached hydrogens (tertiary/aromatic N) is 1. The largest absolute Gasteiger partial charge is 0.481 e. The molecule has 2 aliphatic rings. The Bertz CT molecular complexity index is 644. The zero-order chi connectivity index (χ0) is 19.2. The molecule has 27 heavy (non-hydrogen) atoms. The summed E-state index contributed by atoms with van der Waals surface area (Å²) in [7, 11) is 3.18. The highest BCUT2D eigenvalue weighted by Gasteiger charge is 2.25. The number of hydrogen-bond donors (Lipinski definition) is 2. The van der Waals surface area contributed by atoms with Crippen LogP contribution in [0.5, 0.6) is 11.8 Å². The van der Waals surface area contributed by atoms with Gasteiger partial charge in [-0.2, -0.15) is 4.98 Å². The Morgan fingerprint density at radius 3 is 2.59 bits per heavy atom. The first-order valence-electron chi connectivity index (χ1n) is 9.54. The van der Waals surface area contributed by atoms with Crippen molar-refractivity contribution in [3.63, 3.8) is 0 Å². The summed E-state index contributed by atoms with van der Waals surface area (Å²) in [5.74, 6) is -0.435. The van der Waals surface area contributed by atoms with Crippen molar-refractivity contribution in [3.05, 3.63) is 17.4 Å². The molecule has 2 fully saturated rings. The highest BCUT2D eigenvalue weighted by molar-refractivity contribution is 5.82. The second-order valence-electron chi connectivity index (χ2n) is 7.06. The molecule has 8 heteroatoms. The van der Waals surface area contributed by atoms with Gasteiger partial charge in [-0.1, -0.05) is 0 Å².